The van der Waals surface area contributed by atoms with Crippen molar-refractivity contribution in [2.45, 2.75) is 45.1 Å². The number of aromatic amines is 1. The maximum Gasteiger partial charge on any atom is 0.276 e. The zero-order valence-electron chi connectivity index (χ0n) is 16.4. The number of para-hydroxylation sites is 1. The van der Waals surface area contributed by atoms with Gasteiger partial charge < -0.3 is 15.6 Å². The molecule has 0 aliphatic carbocycles. The number of fused-ring (bicyclic) bond motifs is 1. The molecule has 0 bridgehead atoms. The molecule has 148 valence electrons. The average Bonchev–Trinajstić information content (AvgIpc) is 3.39. The van der Waals surface area contributed by atoms with Gasteiger partial charge in [0.05, 0.1) is 6.20 Å². The van der Waals surface area contributed by atoms with Crippen LogP contribution in [-0.2, 0) is 13.0 Å². The predicted octanol–water partition coefficient (Wildman–Crippen LogP) is 2.69. The molecule has 1 aliphatic heterocycles. The Bertz CT molecular complexity index is 951. The lowest BCUT2D eigenvalue weighted by atomic mass is 9.88. The number of piperidine rings is 1. The van der Waals surface area contributed by atoms with Crippen molar-refractivity contribution in [3.63, 3.8) is 0 Å². The van der Waals surface area contributed by atoms with E-state index in [0.717, 1.165) is 38.8 Å². The van der Waals surface area contributed by atoms with Gasteiger partial charge in [0.2, 0.25) is 0 Å². The Morgan fingerprint density at radius 1 is 1.32 bits per heavy atom. The second-order valence-electron chi connectivity index (χ2n) is 7.51. The maximum absolute atomic E-state index is 12.8. The molecule has 0 unspecified atom stereocenters. The first kappa shape index (κ1) is 18.7. The zero-order valence-corrected chi connectivity index (χ0v) is 16.4. The predicted molar refractivity (Wildman–Crippen MR) is 109 cm³/mol. The molecule has 0 radical (unpaired) electrons. The van der Waals surface area contributed by atoms with Gasteiger partial charge in [-0.05, 0) is 49.3 Å². The summed E-state index contributed by atoms with van der Waals surface area (Å²) in [6.45, 7) is 4.98. The highest BCUT2D eigenvalue weighted by molar-refractivity contribution is 5.92. The standard InChI is InChI=1S/C21H28N6O/c1-2-15-5-3-6-17-18(13-23-20(15)17)16-7-11-26(12-8-16)21(28)19-14-27(25-24-19)10-4-9-22/h3,5-6,13-14,16,23H,2,4,7-12,22H2,1H3. The number of likely N-dealkylation sites (tertiary alicyclic amines) is 1. The van der Waals surface area contributed by atoms with Gasteiger partial charge in [0, 0.05) is 36.7 Å². The van der Waals surface area contributed by atoms with E-state index in [4.69, 9.17) is 5.73 Å². The van der Waals surface area contributed by atoms with Gasteiger partial charge in [-0.15, -0.1) is 5.10 Å². The largest absolute Gasteiger partial charge is 0.361 e. The van der Waals surface area contributed by atoms with E-state index in [2.05, 4.69) is 46.6 Å². The summed E-state index contributed by atoms with van der Waals surface area (Å²) in [6.07, 6.45) is 7.68. The number of nitrogens with two attached hydrogens (primary N) is 1. The van der Waals surface area contributed by atoms with Crippen LogP contribution >= 0.6 is 0 Å². The molecule has 1 aliphatic rings. The molecule has 1 saturated heterocycles. The number of aryl methyl sites for hydroxylation is 2. The van der Waals surface area contributed by atoms with Crippen molar-refractivity contribution in [3.05, 3.63) is 47.4 Å². The van der Waals surface area contributed by atoms with Crippen LogP contribution < -0.4 is 5.73 Å². The molecule has 1 amide bonds. The third-order valence-electron chi connectivity index (χ3n) is 5.79. The molecule has 0 atom stereocenters. The van der Waals surface area contributed by atoms with E-state index < -0.39 is 0 Å². The molecule has 28 heavy (non-hydrogen) atoms. The molecule has 3 aromatic rings. The first-order valence-corrected chi connectivity index (χ1v) is 10.2. The third-order valence-corrected chi connectivity index (χ3v) is 5.79. The second-order valence-corrected chi connectivity index (χ2v) is 7.51. The minimum absolute atomic E-state index is 0.0235. The summed E-state index contributed by atoms with van der Waals surface area (Å²) in [4.78, 5) is 18.1. The molecule has 4 rings (SSSR count). The second kappa shape index (κ2) is 8.14. The molecule has 7 heteroatoms. The molecule has 1 fully saturated rings. The fourth-order valence-corrected chi connectivity index (χ4v) is 4.19. The Morgan fingerprint density at radius 2 is 2.14 bits per heavy atom. The first-order chi connectivity index (χ1) is 13.7. The van der Waals surface area contributed by atoms with Crippen molar-refractivity contribution in [2.75, 3.05) is 19.6 Å². The van der Waals surface area contributed by atoms with Crippen molar-refractivity contribution in [1.29, 1.82) is 0 Å². The van der Waals surface area contributed by atoms with Crippen molar-refractivity contribution < 1.29 is 4.79 Å². The summed E-state index contributed by atoms with van der Waals surface area (Å²) in [6, 6.07) is 6.53. The fraction of sp³-hybridized carbons (Fsp3) is 0.476. The van der Waals surface area contributed by atoms with Gasteiger partial charge in [-0.1, -0.05) is 30.3 Å². The zero-order chi connectivity index (χ0) is 19.5. The van der Waals surface area contributed by atoms with Crippen LogP contribution in [0.15, 0.2) is 30.6 Å². The Hall–Kier alpha value is -2.67. The lowest BCUT2D eigenvalue weighted by molar-refractivity contribution is 0.0707. The number of benzene rings is 1. The van der Waals surface area contributed by atoms with E-state index >= 15 is 0 Å². The van der Waals surface area contributed by atoms with Crippen LogP contribution in [0.25, 0.3) is 10.9 Å². The van der Waals surface area contributed by atoms with Crippen LogP contribution in [-0.4, -0.2) is 50.4 Å². The number of nitrogens with zero attached hydrogens (tertiary/aromatic N) is 4. The van der Waals surface area contributed by atoms with Crippen LogP contribution in [0.2, 0.25) is 0 Å². The number of aromatic nitrogens is 4. The van der Waals surface area contributed by atoms with Crippen LogP contribution in [0.4, 0.5) is 0 Å². The quantitative estimate of drug-likeness (QED) is 0.688. The molecular formula is C21H28N6O. The van der Waals surface area contributed by atoms with Crippen LogP contribution in [0.1, 0.15) is 53.7 Å². The smallest absolute Gasteiger partial charge is 0.276 e. The van der Waals surface area contributed by atoms with Crippen molar-refractivity contribution >= 4 is 16.8 Å². The van der Waals surface area contributed by atoms with Crippen molar-refractivity contribution in [3.8, 4) is 0 Å². The van der Waals surface area contributed by atoms with Gasteiger partial charge in [-0.2, -0.15) is 0 Å². The van der Waals surface area contributed by atoms with Gasteiger partial charge in [-0.25, -0.2) is 0 Å². The molecular weight excluding hydrogens is 352 g/mol. The summed E-state index contributed by atoms with van der Waals surface area (Å²) in [5.41, 5.74) is 9.94. The van der Waals surface area contributed by atoms with E-state index in [1.165, 1.54) is 22.0 Å². The lowest BCUT2D eigenvalue weighted by Gasteiger charge is -2.31. The molecule has 0 spiro atoms. The number of hydrogen-bond acceptors (Lipinski definition) is 4. The van der Waals surface area contributed by atoms with Crippen LogP contribution in [0, 0.1) is 0 Å². The Kier molecular flexibility index (Phi) is 5.43. The fourth-order valence-electron chi connectivity index (χ4n) is 4.19. The van der Waals surface area contributed by atoms with E-state index in [9.17, 15) is 4.79 Å². The summed E-state index contributed by atoms with van der Waals surface area (Å²) >= 11 is 0. The monoisotopic (exact) mass is 380 g/mol. The van der Waals surface area contributed by atoms with Crippen LogP contribution in [0.3, 0.4) is 0 Å². The van der Waals surface area contributed by atoms with E-state index in [-0.39, 0.29) is 5.91 Å². The Labute approximate surface area is 164 Å². The highest BCUT2D eigenvalue weighted by Crippen LogP contribution is 2.34. The summed E-state index contributed by atoms with van der Waals surface area (Å²) in [5.74, 6) is 0.454. The SMILES string of the molecule is CCc1cccc2c(C3CCN(C(=O)c4cn(CCCN)nn4)CC3)c[nH]c12. The van der Waals surface area contributed by atoms with Gasteiger partial charge in [0.1, 0.15) is 0 Å². The first-order valence-electron chi connectivity index (χ1n) is 10.2. The number of hydrogen-bond donors (Lipinski definition) is 2. The number of carbonyl (C=O) groups excluding carboxylic acids is 1. The third kappa shape index (κ3) is 3.54. The van der Waals surface area contributed by atoms with Gasteiger partial charge in [0.25, 0.3) is 5.91 Å². The normalized spacial score (nSPS) is 15.4. The summed E-state index contributed by atoms with van der Waals surface area (Å²) in [5, 5.41) is 9.41. The molecule has 0 saturated carbocycles. The van der Waals surface area contributed by atoms with E-state index in [1.54, 1.807) is 10.9 Å². The molecule has 3 heterocycles. The number of carbonyl (C=O) groups is 1. The highest BCUT2D eigenvalue weighted by atomic mass is 16.2. The number of rotatable bonds is 6. The van der Waals surface area contributed by atoms with Gasteiger partial charge in [0.15, 0.2) is 5.69 Å². The maximum atomic E-state index is 12.8. The van der Waals surface area contributed by atoms with Gasteiger partial charge in [-0.3, -0.25) is 9.48 Å². The molecule has 2 aromatic heterocycles. The molecule has 3 N–H and O–H groups in total. The minimum atomic E-state index is -0.0235. The minimum Gasteiger partial charge on any atom is -0.361 e. The van der Waals surface area contributed by atoms with Gasteiger partial charge >= 0.3 is 0 Å². The lowest BCUT2D eigenvalue weighted by Crippen LogP contribution is -2.38. The van der Waals surface area contributed by atoms with Crippen molar-refractivity contribution in [2.24, 2.45) is 5.73 Å². The Balaban J connectivity index is 1.42. The highest BCUT2D eigenvalue weighted by Gasteiger charge is 2.27. The van der Waals surface area contributed by atoms with Crippen molar-refractivity contribution in [1.82, 2.24) is 24.9 Å². The topological polar surface area (TPSA) is 92.8 Å². The number of amides is 1. The molecule has 7 nitrogen and oxygen atoms in total. The average molecular weight is 380 g/mol. The molecule has 1 aromatic carbocycles. The number of nitrogens with one attached hydrogen (secondary N) is 1. The van der Waals surface area contributed by atoms with E-state index in [0.29, 0.717) is 24.7 Å². The van der Waals surface area contributed by atoms with Crippen LogP contribution in [0.5, 0.6) is 0 Å². The number of H-pyrrole nitrogens is 1. The Morgan fingerprint density at radius 3 is 2.89 bits per heavy atom. The van der Waals surface area contributed by atoms with E-state index in [1.807, 2.05) is 4.90 Å². The summed E-state index contributed by atoms with van der Waals surface area (Å²) in [7, 11) is 0. The summed E-state index contributed by atoms with van der Waals surface area (Å²) < 4.78 is 1.70.